The van der Waals surface area contributed by atoms with Crippen molar-refractivity contribution in [1.82, 2.24) is 35.1 Å². The van der Waals surface area contributed by atoms with Gasteiger partial charge in [-0.05, 0) is 29.8 Å². The smallest absolute Gasteiger partial charge is 0.410 e. The molecule has 1 N–H and O–H groups in total. The van der Waals surface area contributed by atoms with Crippen LogP contribution in [0.4, 0.5) is 13.6 Å². The Labute approximate surface area is 216 Å². The van der Waals surface area contributed by atoms with Crippen LogP contribution in [0.2, 0.25) is 0 Å². The highest BCUT2D eigenvalue weighted by Crippen LogP contribution is 2.34. The number of halogens is 2. The zero-order valence-corrected chi connectivity index (χ0v) is 20.2. The number of nitrogens with zero attached hydrogens (tertiary/aromatic N) is 6. The van der Waals surface area contributed by atoms with E-state index in [1.807, 2.05) is 48.5 Å². The van der Waals surface area contributed by atoms with Gasteiger partial charge in [0, 0.05) is 41.9 Å². The molecular weight excluding hydrogens is 492 g/mol. The number of piperidine rings is 1. The van der Waals surface area contributed by atoms with Crippen molar-refractivity contribution in [2.75, 3.05) is 13.1 Å². The molecule has 9 nitrogen and oxygen atoms in total. The van der Waals surface area contributed by atoms with Crippen LogP contribution in [0.1, 0.15) is 18.0 Å². The van der Waals surface area contributed by atoms with Crippen LogP contribution in [0.5, 0.6) is 0 Å². The van der Waals surface area contributed by atoms with Crippen molar-refractivity contribution >= 4 is 17.0 Å². The van der Waals surface area contributed by atoms with Gasteiger partial charge in [-0.3, -0.25) is 10.1 Å². The fraction of sp³-hybridized carbons (Fsp3) is 0.222. The summed E-state index contributed by atoms with van der Waals surface area (Å²) < 4.78 is 36.0. The normalized spacial score (nSPS) is 17.0. The summed E-state index contributed by atoms with van der Waals surface area (Å²) in [4.78, 5) is 17.7. The van der Waals surface area contributed by atoms with E-state index in [1.54, 1.807) is 30.7 Å². The van der Waals surface area contributed by atoms with Crippen LogP contribution in [-0.2, 0) is 11.3 Å². The number of likely N-dealkylation sites (tertiary alicyclic amines) is 1. The topological polar surface area (TPSA) is 102 Å². The van der Waals surface area contributed by atoms with E-state index >= 15 is 0 Å². The molecule has 1 fully saturated rings. The van der Waals surface area contributed by atoms with Gasteiger partial charge in [0.2, 0.25) is 0 Å². The highest BCUT2D eigenvalue weighted by molar-refractivity contribution is 5.95. The maximum atomic E-state index is 14.7. The number of amides is 1. The summed E-state index contributed by atoms with van der Waals surface area (Å²) in [5, 5.41) is 16.7. The van der Waals surface area contributed by atoms with E-state index in [2.05, 4.69) is 25.5 Å². The van der Waals surface area contributed by atoms with Gasteiger partial charge in [-0.1, -0.05) is 41.6 Å². The van der Waals surface area contributed by atoms with E-state index in [-0.39, 0.29) is 13.2 Å². The van der Waals surface area contributed by atoms with Crippen molar-refractivity contribution in [3.05, 3.63) is 84.8 Å². The lowest BCUT2D eigenvalue weighted by Crippen LogP contribution is -2.50. The fourth-order valence-corrected chi connectivity index (χ4v) is 4.69. The van der Waals surface area contributed by atoms with Gasteiger partial charge in [-0.2, -0.15) is 5.10 Å². The van der Waals surface area contributed by atoms with Crippen molar-refractivity contribution in [3.8, 4) is 22.5 Å². The van der Waals surface area contributed by atoms with Crippen molar-refractivity contribution in [2.24, 2.45) is 0 Å². The Morgan fingerprint density at radius 2 is 1.89 bits per heavy atom. The van der Waals surface area contributed by atoms with Crippen LogP contribution in [0.3, 0.4) is 0 Å². The number of carbonyl (C=O) groups excluding carboxylic acids is 1. The second-order valence-corrected chi connectivity index (χ2v) is 9.29. The zero-order valence-electron chi connectivity index (χ0n) is 20.2. The first kappa shape index (κ1) is 23.7. The number of H-pyrrole nitrogens is 1. The lowest BCUT2D eigenvalue weighted by molar-refractivity contribution is -0.0792. The summed E-state index contributed by atoms with van der Waals surface area (Å²) >= 11 is 0. The molecule has 1 amide bonds. The summed E-state index contributed by atoms with van der Waals surface area (Å²) in [5.41, 5.74) is 4.61. The molecule has 1 aliphatic rings. The van der Waals surface area contributed by atoms with Crippen LogP contribution in [0.15, 0.2) is 79.3 Å². The van der Waals surface area contributed by atoms with E-state index in [9.17, 15) is 13.6 Å². The number of pyridine rings is 1. The summed E-state index contributed by atoms with van der Waals surface area (Å²) in [6.07, 6.45) is 3.79. The van der Waals surface area contributed by atoms with Crippen LogP contribution < -0.4 is 0 Å². The van der Waals surface area contributed by atoms with Gasteiger partial charge in [-0.15, -0.1) is 5.10 Å². The SMILES string of the molecule is O=C(OCc1ccccc1)N1C[C@H](n2cc(-c3ccc4[nH]nc(-c5ccncc5)c4c3)nn2)CC(F)(F)C1. The lowest BCUT2D eigenvalue weighted by Gasteiger charge is -2.36. The number of rotatable bonds is 5. The Kier molecular flexibility index (Phi) is 6.02. The first-order valence-electron chi connectivity index (χ1n) is 12.1. The van der Waals surface area contributed by atoms with Gasteiger partial charge < -0.3 is 9.64 Å². The zero-order chi connectivity index (χ0) is 26.1. The molecule has 0 bridgehead atoms. The van der Waals surface area contributed by atoms with Gasteiger partial charge in [0.15, 0.2) is 0 Å². The number of hydrogen-bond acceptors (Lipinski definition) is 6. The molecule has 0 spiro atoms. The number of aromatic nitrogens is 6. The largest absolute Gasteiger partial charge is 0.445 e. The molecule has 1 aliphatic heterocycles. The fourth-order valence-electron chi connectivity index (χ4n) is 4.69. The summed E-state index contributed by atoms with van der Waals surface area (Å²) in [6, 6.07) is 17.8. The maximum absolute atomic E-state index is 14.7. The number of nitrogens with one attached hydrogen (secondary N) is 1. The summed E-state index contributed by atoms with van der Waals surface area (Å²) in [5.74, 6) is -3.09. The molecule has 5 aromatic rings. The third-order valence-electron chi connectivity index (χ3n) is 6.55. The molecular formula is C27H23F2N7O2. The van der Waals surface area contributed by atoms with Crippen molar-refractivity contribution in [3.63, 3.8) is 0 Å². The average molecular weight is 516 g/mol. The van der Waals surface area contributed by atoms with Crippen molar-refractivity contribution in [2.45, 2.75) is 25.0 Å². The molecule has 3 aromatic heterocycles. The molecule has 1 atom stereocenters. The molecule has 0 unspecified atom stereocenters. The van der Waals surface area contributed by atoms with Crippen LogP contribution >= 0.6 is 0 Å². The second-order valence-electron chi connectivity index (χ2n) is 9.29. The number of fused-ring (bicyclic) bond motifs is 1. The average Bonchev–Trinajstić information content (AvgIpc) is 3.59. The minimum Gasteiger partial charge on any atom is -0.445 e. The molecule has 11 heteroatoms. The standard InChI is InChI=1S/C27H23F2N7O2/c28-27(29)13-21(14-35(17-27)26(37)38-16-18-4-2-1-3-5-18)36-15-24(32-34-36)20-6-7-23-22(12-20)25(33-31-23)19-8-10-30-11-9-19/h1-12,15,21H,13-14,16-17H2,(H,31,33)/t21-/m1/s1. The number of carbonyl (C=O) groups is 1. The lowest BCUT2D eigenvalue weighted by atomic mass is 10.0. The Morgan fingerprint density at radius 1 is 1.08 bits per heavy atom. The number of hydrogen-bond donors (Lipinski definition) is 1. The molecule has 192 valence electrons. The van der Waals surface area contributed by atoms with E-state index < -0.39 is 31.0 Å². The molecule has 0 radical (unpaired) electrons. The predicted molar refractivity (Wildman–Crippen MR) is 135 cm³/mol. The van der Waals surface area contributed by atoms with Crippen LogP contribution in [-0.4, -0.2) is 60.2 Å². The Hall–Kier alpha value is -4.67. The molecule has 38 heavy (non-hydrogen) atoms. The third-order valence-corrected chi connectivity index (χ3v) is 6.55. The number of ether oxygens (including phenoxy) is 1. The highest BCUT2D eigenvalue weighted by atomic mass is 19.3. The Balaban J connectivity index is 1.22. The number of alkyl halides is 2. The summed E-state index contributed by atoms with van der Waals surface area (Å²) in [7, 11) is 0. The molecule has 4 heterocycles. The Bertz CT molecular complexity index is 1570. The number of aromatic amines is 1. The van der Waals surface area contributed by atoms with Gasteiger partial charge in [0.25, 0.3) is 5.92 Å². The third kappa shape index (κ3) is 4.82. The molecule has 2 aromatic carbocycles. The monoisotopic (exact) mass is 515 g/mol. The number of benzene rings is 2. The quantitative estimate of drug-likeness (QED) is 0.349. The molecule has 0 saturated carbocycles. The van der Waals surface area contributed by atoms with Gasteiger partial charge in [0.1, 0.15) is 18.0 Å². The van der Waals surface area contributed by atoms with Gasteiger partial charge >= 0.3 is 6.09 Å². The minimum absolute atomic E-state index is 0.0118. The van der Waals surface area contributed by atoms with Crippen LogP contribution in [0, 0.1) is 0 Å². The molecule has 6 rings (SSSR count). The van der Waals surface area contributed by atoms with Crippen LogP contribution in [0.25, 0.3) is 33.4 Å². The molecule has 0 aliphatic carbocycles. The van der Waals surface area contributed by atoms with E-state index in [0.717, 1.165) is 38.2 Å². The second kappa shape index (κ2) is 9.66. The highest BCUT2D eigenvalue weighted by Gasteiger charge is 2.43. The first-order valence-corrected chi connectivity index (χ1v) is 12.1. The Morgan fingerprint density at radius 3 is 2.71 bits per heavy atom. The van der Waals surface area contributed by atoms with Crippen molar-refractivity contribution < 1.29 is 18.3 Å². The van der Waals surface area contributed by atoms with E-state index in [4.69, 9.17) is 4.74 Å². The minimum atomic E-state index is -3.09. The molecule has 1 saturated heterocycles. The van der Waals surface area contributed by atoms with Gasteiger partial charge in [0.05, 0.1) is 24.3 Å². The van der Waals surface area contributed by atoms with E-state index in [1.165, 1.54) is 4.68 Å². The van der Waals surface area contributed by atoms with Gasteiger partial charge in [-0.25, -0.2) is 18.3 Å². The summed E-state index contributed by atoms with van der Waals surface area (Å²) in [6.45, 7) is -0.648. The first-order chi connectivity index (χ1) is 18.4. The van der Waals surface area contributed by atoms with E-state index in [0.29, 0.717) is 5.69 Å². The van der Waals surface area contributed by atoms with Crippen molar-refractivity contribution in [1.29, 1.82) is 0 Å². The maximum Gasteiger partial charge on any atom is 0.410 e. The predicted octanol–water partition coefficient (Wildman–Crippen LogP) is 5.10.